The standard InChI is InChI=1S/C17H23NO4Si/c1-16-11-8-6-7-9-13(11)18-14(19)12(16)10-17(16,15(20)21-2)22-23(3,4)5/h6-9,12H,10H2,1-5H3,(H,18,19)/t12-,16+,17+/m1/s1. The SMILES string of the molecule is COC(=O)[C@@]1(O[Si](C)(C)C)C[C@@H]2C(=O)Nc3ccccc3[C@@]21C. The lowest BCUT2D eigenvalue weighted by molar-refractivity contribution is -0.197. The summed E-state index contributed by atoms with van der Waals surface area (Å²) >= 11 is 0. The van der Waals surface area contributed by atoms with Crippen LogP contribution in [0.25, 0.3) is 0 Å². The van der Waals surface area contributed by atoms with Crippen LogP contribution >= 0.6 is 0 Å². The van der Waals surface area contributed by atoms with Gasteiger partial charge < -0.3 is 14.5 Å². The highest BCUT2D eigenvalue weighted by Gasteiger charge is 2.73. The maximum atomic E-state index is 12.7. The highest BCUT2D eigenvalue weighted by molar-refractivity contribution is 6.70. The van der Waals surface area contributed by atoms with Crippen LogP contribution in [0.1, 0.15) is 18.9 Å². The predicted molar refractivity (Wildman–Crippen MR) is 89.7 cm³/mol. The molecule has 6 heteroatoms. The van der Waals surface area contributed by atoms with Crippen LogP contribution in [0.4, 0.5) is 5.69 Å². The van der Waals surface area contributed by atoms with E-state index in [0.717, 1.165) is 11.3 Å². The van der Waals surface area contributed by atoms with Crippen molar-refractivity contribution in [3.05, 3.63) is 29.8 Å². The Kier molecular flexibility index (Phi) is 3.46. The normalized spacial score (nSPS) is 32.2. The lowest BCUT2D eigenvalue weighted by Crippen LogP contribution is -2.75. The number of rotatable bonds is 3. The zero-order valence-corrected chi connectivity index (χ0v) is 15.2. The van der Waals surface area contributed by atoms with Crippen LogP contribution in [-0.2, 0) is 24.2 Å². The number of nitrogens with one attached hydrogen (secondary N) is 1. The number of carbonyl (C=O) groups excluding carboxylic acids is 2. The van der Waals surface area contributed by atoms with E-state index < -0.39 is 19.3 Å². The summed E-state index contributed by atoms with van der Waals surface area (Å²) in [6, 6.07) is 7.63. The van der Waals surface area contributed by atoms with Crippen molar-refractivity contribution in [3.8, 4) is 0 Å². The summed E-state index contributed by atoms with van der Waals surface area (Å²) in [5.74, 6) is -0.721. The Balaban J connectivity index is 2.19. The van der Waals surface area contributed by atoms with Gasteiger partial charge in [0.1, 0.15) is 0 Å². The van der Waals surface area contributed by atoms with E-state index in [0.29, 0.717) is 6.42 Å². The molecule has 3 atom stereocenters. The molecule has 1 aliphatic heterocycles. The molecule has 1 aromatic carbocycles. The Bertz CT molecular complexity index is 683. The van der Waals surface area contributed by atoms with Gasteiger partial charge >= 0.3 is 5.97 Å². The van der Waals surface area contributed by atoms with Crippen LogP contribution in [-0.4, -0.2) is 32.9 Å². The lowest BCUT2D eigenvalue weighted by Gasteiger charge is -2.63. The van der Waals surface area contributed by atoms with E-state index in [1.54, 1.807) is 0 Å². The number of anilines is 1. The minimum atomic E-state index is -2.04. The van der Waals surface area contributed by atoms with Gasteiger partial charge in [-0.25, -0.2) is 4.79 Å². The number of benzene rings is 1. The predicted octanol–water partition coefficient (Wildman–Crippen LogP) is 2.68. The molecule has 5 nitrogen and oxygen atoms in total. The number of hydrogen-bond acceptors (Lipinski definition) is 4. The highest BCUT2D eigenvalue weighted by atomic mass is 28.4. The second-order valence-electron chi connectivity index (χ2n) is 7.53. The van der Waals surface area contributed by atoms with E-state index in [-0.39, 0.29) is 17.8 Å². The van der Waals surface area contributed by atoms with Crippen LogP contribution in [0.15, 0.2) is 24.3 Å². The van der Waals surface area contributed by atoms with Crippen molar-refractivity contribution >= 4 is 25.9 Å². The molecule has 0 radical (unpaired) electrons. The first-order chi connectivity index (χ1) is 10.7. The van der Waals surface area contributed by atoms with Gasteiger partial charge in [0, 0.05) is 11.1 Å². The van der Waals surface area contributed by atoms with Gasteiger partial charge in [-0.2, -0.15) is 0 Å². The molecule has 1 fully saturated rings. The lowest BCUT2D eigenvalue weighted by atomic mass is 9.46. The fraction of sp³-hybridized carbons (Fsp3) is 0.529. The average molecular weight is 333 g/mol. The van der Waals surface area contributed by atoms with E-state index in [9.17, 15) is 9.59 Å². The molecule has 0 saturated heterocycles. The minimum absolute atomic E-state index is 0.0510. The minimum Gasteiger partial charge on any atom is -0.467 e. The molecule has 1 aromatic rings. The molecule has 1 amide bonds. The second kappa shape index (κ2) is 4.91. The molecule has 1 saturated carbocycles. The number of methoxy groups -OCH3 is 1. The third-order valence-corrected chi connectivity index (χ3v) is 6.04. The van der Waals surface area contributed by atoms with Gasteiger partial charge in [0.05, 0.1) is 13.0 Å². The first kappa shape index (κ1) is 16.2. The average Bonchev–Trinajstić information content (AvgIpc) is 2.47. The van der Waals surface area contributed by atoms with Crippen LogP contribution in [0.5, 0.6) is 0 Å². The van der Waals surface area contributed by atoms with Gasteiger partial charge in [-0.1, -0.05) is 25.1 Å². The van der Waals surface area contributed by atoms with Crippen molar-refractivity contribution in [2.45, 2.75) is 44.0 Å². The summed E-state index contributed by atoms with van der Waals surface area (Å²) in [6.07, 6.45) is 0.362. The van der Waals surface area contributed by atoms with Gasteiger partial charge in [-0.15, -0.1) is 0 Å². The number of carbonyl (C=O) groups is 2. The van der Waals surface area contributed by atoms with Gasteiger partial charge in [0.15, 0.2) is 13.9 Å². The van der Waals surface area contributed by atoms with Gasteiger partial charge in [-0.05, 0) is 37.7 Å². The Morgan fingerprint density at radius 2 is 1.96 bits per heavy atom. The maximum absolute atomic E-state index is 12.7. The van der Waals surface area contributed by atoms with Gasteiger partial charge in [0.2, 0.25) is 5.91 Å². The maximum Gasteiger partial charge on any atom is 0.337 e. The molecule has 1 heterocycles. The van der Waals surface area contributed by atoms with Crippen LogP contribution in [0.2, 0.25) is 19.6 Å². The van der Waals surface area contributed by atoms with Crippen molar-refractivity contribution < 1.29 is 18.8 Å². The van der Waals surface area contributed by atoms with Crippen LogP contribution < -0.4 is 5.32 Å². The largest absolute Gasteiger partial charge is 0.467 e. The summed E-state index contributed by atoms with van der Waals surface area (Å²) in [4.78, 5) is 25.2. The van der Waals surface area contributed by atoms with Crippen molar-refractivity contribution in [1.29, 1.82) is 0 Å². The number of ether oxygens (including phenoxy) is 1. The summed E-state index contributed by atoms with van der Waals surface area (Å²) in [7, 11) is -0.662. The number of esters is 1. The molecular formula is C17H23NO4Si. The topological polar surface area (TPSA) is 64.6 Å². The number of fused-ring (bicyclic) bond motifs is 3. The molecule has 1 aliphatic carbocycles. The molecule has 124 valence electrons. The number of amides is 1. The van der Waals surface area contributed by atoms with Crippen molar-refractivity contribution in [1.82, 2.24) is 0 Å². The molecule has 0 bridgehead atoms. The third kappa shape index (κ3) is 2.08. The molecule has 0 aromatic heterocycles. The second-order valence-corrected chi connectivity index (χ2v) is 12.0. The Morgan fingerprint density at radius 3 is 2.57 bits per heavy atom. The highest BCUT2D eigenvalue weighted by Crippen LogP contribution is 2.62. The first-order valence-corrected chi connectivity index (χ1v) is 11.3. The van der Waals surface area contributed by atoms with Crippen LogP contribution in [0, 0.1) is 5.92 Å². The summed E-state index contributed by atoms with van der Waals surface area (Å²) in [6.45, 7) is 8.09. The fourth-order valence-electron chi connectivity index (χ4n) is 4.05. The summed E-state index contributed by atoms with van der Waals surface area (Å²) in [5, 5.41) is 2.94. The number of para-hydroxylation sites is 1. The van der Waals surface area contributed by atoms with Gasteiger partial charge in [-0.3, -0.25) is 4.79 Å². The van der Waals surface area contributed by atoms with Crippen molar-refractivity contribution in [2.75, 3.05) is 12.4 Å². The summed E-state index contributed by atoms with van der Waals surface area (Å²) in [5.41, 5.74) is -0.104. The summed E-state index contributed by atoms with van der Waals surface area (Å²) < 4.78 is 11.5. The smallest absolute Gasteiger partial charge is 0.337 e. The zero-order valence-electron chi connectivity index (χ0n) is 14.2. The third-order valence-electron chi connectivity index (χ3n) is 5.08. The van der Waals surface area contributed by atoms with E-state index in [1.807, 2.05) is 50.8 Å². The monoisotopic (exact) mass is 333 g/mol. The molecule has 1 N–H and O–H groups in total. The van der Waals surface area contributed by atoms with Crippen molar-refractivity contribution in [3.63, 3.8) is 0 Å². The van der Waals surface area contributed by atoms with Gasteiger partial charge in [0.25, 0.3) is 0 Å². The first-order valence-electron chi connectivity index (χ1n) is 7.85. The van der Waals surface area contributed by atoms with E-state index in [1.165, 1.54) is 7.11 Å². The Morgan fingerprint density at radius 1 is 1.30 bits per heavy atom. The quantitative estimate of drug-likeness (QED) is 0.682. The van der Waals surface area contributed by atoms with Crippen LogP contribution in [0.3, 0.4) is 0 Å². The molecule has 23 heavy (non-hydrogen) atoms. The van der Waals surface area contributed by atoms with E-state index in [2.05, 4.69) is 5.32 Å². The van der Waals surface area contributed by atoms with E-state index >= 15 is 0 Å². The molecule has 0 unspecified atom stereocenters. The fourth-order valence-corrected chi connectivity index (χ4v) is 5.48. The molecular weight excluding hydrogens is 310 g/mol. The zero-order chi connectivity index (χ0) is 17.0. The molecule has 0 spiro atoms. The number of hydrogen-bond donors (Lipinski definition) is 1. The Labute approximate surface area is 137 Å². The molecule has 2 aliphatic rings. The van der Waals surface area contributed by atoms with E-state index in [4.69, 9.17) is 9.16 Å². The Hall–Kier alpha value is -1.66. The molecule has 3 rings (SSSR count). The van der Waals surface area contributed by atoms with Crippen molar-refractivity contribution in [2.24, 2.45) is 5.92 Å².